The molecule has 1 N–H and O–H groups in total. The molecule has 1 saturated heterocycles. The maximum absolute atomic E-state index is 12.6. The van der Waals surface area contributed by atoms with E-state index < -0.39 is 35.1 Å². The number of benzene rings is 1. The fourth-order valence-corrected chi connectivity index (χ4v) is 4.66. The Morgan fingerprint density at radius 1 is 1.12 bits per heavy atom. The van der Waals surface area contributed by atoms with Crippen LogP contribution in [-0.4, -0.2) is 55.8 Å². The van der Waals surface area contributed by atoms with Gasteiger partial charge in [0.25, 0.3) is 17.7 Å². The lowest BCUT2D eigenvalue weighted by Crippen LogP contribution is -2.71. The van der Waals surface area contributed by atoms with Crippen LogP contribution in [0.4, 0.5) is 0 Å². The third-order valence-corrected chi connectivity index (χ3v) is 5.85. The van der Waals surface area contributed by atoms with E-state index >= 15 is 0 Å². The third kappa shape index (κ3) is 1.74. The summed E-state index contributed by atoms with van der Waals surface area (Å²) in [6.45, 7) is 1.66. The van der Waals surface area contributed by atoms with Gasteiger partial charge in [0.1, 0.15) is 17.1 Å². The van der Waals surface area contributed by atoms with Crippen LogP contribution in [0.15, 0.2) is 35.5 Å². The van der Waals surface area contributed by atoms with Gasteiger partial charge in [-0.1, -0.05) is 12.1 Å². The number of nitrogens with zero attached hydrogens (tertiary/aromatic N) is 2. The number of hydrogen-bond donors (Lipinski definition) is 1. The van der Waals surface area contributed by atoms with E-state index in [9.17, 15) is 24.3 Å². The molecule has 1 unspecified atom stereocenters. The molecule has 24 heavy (non-hydrogen) atoms. The van der Waals surface area contributed by atoms with Gasteiger partial charge in [0.15, 0.2) is 0 Å². The second-order valence-electron chi connectivity index (χ2n) is 5.81. The number of carbonyl (C=O) groups excluding carboxylic acids is 3. The monoisotopic (exact) mass is 344 g/mol. The Morgan fingerprint density at radius 2 is 1.71 bits per heavy atom. The molecular formula is C16H12N2O5S. The molecule has 0 saturated carbocycles. The summed E-state index contributed by atoms with van der Waals surface area (Å²) >= 11 is 1.36. The summed E-state index contributed by atoms with van der Waals surface area (Å²) in [4.78, 5) is 51.2. The summed E-state index contributed by atoms with van der Waals surface area (Å²) in [7, 11) is 0. The van der Waals surface area contributed by atoms with Crippen LogP contribution in [0.5, 0.6) is 0 Å². The van der Waals surface area contributed by atoms with Crippen molar-refractivity contribution in [2.24, 2.45) is 0 Å². The Kier molecular flexibility index (Phi) is 3.08. The normalized spacial score (nSPS) is 25.6. The fourth-order valence-electron chi connectivity index (χ4n) is 3.32. The molecule has 3 heterocycles. The maximum Gasteiger partial charge on any atom is 0.352 e. The van der Waals surface area contributed by atoms with Gasteiger partial charge in [-0.3, -0.25) is 24.2 Å². The smallest absolute Gasteiger partial charge is 0.352 e. The van der Waals surface area contributed by atoms with Crippen molar-refractivity contribution < 1.29 is 24.3 Å². The van der Waals surface area contributed by atoms with E-state index in [4.69, 9.17) is 0 Å². The minimum absolute atomic E-state index is 0.0448. The van der Waals surface area contributed by atoms with Crippen molar-refractivity contribution in [3.05, 3.63) is 46.7 Å². The Balaban J connectivity index is 1.70. The first-order chi connectivity index (χ1) is 11.4. The molecule has 122 valence electrons. The van der Waals surface area contributed by atoms with Crippen LogP contribution in [-0.2, 0) is 9.59 Å². The molecule has 0 spiro atoms. The van der Waals surface area contributed by atoms with Gasteiger partial charge >= 0.3 is 5.97 Å². The largest absolute Gasteiger partial charge is 0.477 e. The van der Waals surface area contributed by atoms with Crippen molar-refractivity contribution >= 4 is 35.5 Å². The highest BCUT2D eigenvalue weighted by Crippen LogP contribution is 2.44. The van der Waals surface area contributed by atoms with E-state index in [2.05, 4.69) is 0 Å². The molecule has 0 radical (unpaired) electrons. The molecule has 0 aromatic heterocycles. The highest BCUT2D eigenvalue weighted by Gasteiger charge is 2.59. The molecular weight excluding hydrogens is 332 g/mol. The summed E-state index contributed by atoms with van der Waals surface area (Å²) in [5.74, 6) is -2.27. The average Bonchev–Trinajstić information content (AvgIpc) is 2.80. The molecule has 3 aliphatic rings. The molecule has 1 fully saturated rings. The van der Waals surface area contributed by atoms with Crippen LogP contribution in [0, 0.1) is 0 Å². The van der Waals surface area contributed by atoms with E-state index in [0.717, 1.165) is 4.90 Å². The van der Waals surface area contributed by atoms with Crippen molar-refractivity contribution in [1.29, 1.82) is 0 Å². The van der Waals surface area contributed by atoms with Gasteiger partial charge < -0.3 is 5.11 Å². The molecule has 4 rings (SSSR count). The van der Waals surface area contributed by atoms with Crippen molar-refractivity contribution in [2.75, 3.05) is 5.75 Å². The third-order valence-electron chi connectivity index (χ3n) is 4.44. The molecule has 0 aliphatic carbocycles. The molecule has 2 atom stereocenters. The zero-order valence-electron chi connectivity index (χ0n) is 12.6. The lowest BCUT2D eigenvalue weighted by molar-refractivity contribution is -0.151. The molecule has 8 heteroatoms. The standard InChI is InChI=1S/C16H12N2O5S/c1-7-6-24-15-11(14(21)18(15)10(7)16(22)23)17-12(19)8-4-2-3-5-9(8)13(17)20/h2-5,11,15H,6H2,1H3,(H,22,23)/t11?,15-/m0/s1. The summed E-state index contributed by atoms with van der Waals surface area (Å²) < 4.78 is 0. The number of carbonyl (C=O) groups is 4. The number of carboxylic acids is 1. The Morgan fingerprint density at radius 3 is 2.25 bits per heavy atom. The van der Waals surface area contributed by atoms with Gasteiger partial charge in [0, 0.05) is 5.75 Å². The van der Waals surface area contributed by atoms with E-state index in [1.807, 2.05) is 0 Å². The molecule has 1 aromatic rings. The predicted molar refractivity (Wildman–Crippen MR) is 84.2 cm³/mol. The number of imide groups is 1. The highest BCUT2D eigenvalue weighted by molar-refractivity contribution is 8.00. The van der Waals surface area contributed by atoms with E-state index in [1.165, 1.54) is 16.7 Å². The van der Waals surface area contributed by atoms with Crippen LogP contribution in [0.2, 0.25) is 0 Å². The first kappa shape index (κ1) is 14.9. The minimum atomic E-state index is -1.17. The van der Waals surface area contributed by atoms with Crippen molar-refractivity contribution in [3.8, 4) is 0 Å². The van der Waals surface area contributed by atoms with Gasteiger partial charge in [-0.05, 0) is 24.6 Å². The number of amides is 3. The number of carboxylic acid groups (broad SMARTS) is 1. The summed E-state index contributed by atoms with van der Waals surface area (Å²) in [6.07, 6.45) is 0. The van der Waals surface area contributed by atoms with Gasteiger partial charge in [-0.2, -0.15) is 0 Å². The molecule has 3 aliphatic heterocycles. The van der Waals surface area contributed by atoms with Gasteiger partial charge in [-0.25, -0.2) is 4.79 Å². The first-order valence-electron chi connectivity index (χ1n) is 7.28. The van der Waals surface area contributed by atoms with E-state index in [-0.39, 0.29) is 16.8 Å². The highest BCUT2D eigenvalue weighted by atomic mass is 32.2. The number of fused-ring (bicyclic) bond motifs is 2. The van der Waals surface area contributed by atoms with Crippen molar-refractivity contribution in [3.63, 3.8) is 0 Å². The number of hydrogen-bond acceptors (Lipinski definition) is 5. The summed E-state index contributed by atoms with van der Waals surface area (Å²) in [5.41, 5.74) is 1.11. The van der Waals surface area contributed by atoms with Crippen LogP contribution in [0.25, 0.3) is 0 Å². The Hall–Kier alpha value is -2.61. The van der Waals surface area contributed by atoms with Crippen molar-refractivity contribution in [1.82, 2.24) is 9.80 Å². The molecule has 7 nitrogen and oxygen atoms in total. The Bertz CT molecular complexity index is 827. The second-order valence-corrected chi connectivity index (χ2v) is 6.92. The lowest BCUT2D eigenvalue weighted by atomic mass is 10.0. The van der Waals surface area contributed by atoms with Crippen LogP contribution < -0.4 is 0 Å². The minimum Gasteiger partial charge on any atom is -0.477 e. The number of aliphatic carboxylic acids is 1. The number of thioether (sulfide) groups is 1. The second kappa shape index (κ2) is 4.94. The SMILES string of the molecule is CC1=C(C(=O)O)N2C(=O)C(N3C(=O)c4ccccc4C3=O)[C@@H]2SC1. The average molecular weight is 344 g/mol. The summed E-state index contributed by atoms with van der Waals surface area (Å²) in [5, 5.41) is 8.79. The molecule has 1 aromatic carbocycles. The lowest BCUT2D eigenvalue weighted by Gasteiger charge is -2.51. The van der Waals surface area contributed by atoms with Gasteiger partial charge in [0.05, 0.1) is 11.1 Å². The first-order valence-corrected chi connectivity index (χ1v) is 8.33. The van der Waals surface area contributed by atoms with Gasteiger partial charge in [0.2, 0.25) is 0 Å². The predicted octanol–water partition coefficient (Wildman–Crippen LogP) is 0.925. The number of β-lactam (4-membered cyclic amide) rings is 1. The zero-order chi connectivity index (χ0) is 17.2. The molecule has 0 bridgehead atoms. The van der Waals surface area contributed by atoms with Crippen molar-refractivity contribution in [2.45, 2.75) is 18.3 Å². The van der Waals surface area contributed by atoms with Crippen LogP contribution in [0.3, 0.4) is 0 Å². The Labute approximate surface area is 140 Å². The molecule has 3 amide bonds. The zero-order valence-corrected chi connectivity index (χ0v) is 13.4. The van der Waals surface area contributed by atoms with E-state index in [0.29, 0.717) is 11.3 Å². The summed E-state index contributed by atoms with van der Waals surface area (Å²) in [6, 6.07) is 5.47. The number of rotatable bonds is 2. The quantitative estimate of drug-likeness (QED) is 0.633. The van der Waals surface area contributed by atoms with Gasteiger partial charge in [-0.15, -0.1) is 11.8 Å². The van der Waals surface area contributed by atoms with Crippen LogP contribution in [0.1, 0.15) is 27.6 Å². The topological polar surface area (TPSA) is 95.0 Å². The van der Waals surface area contributed by atoms with E-state index in [1.54, 1.807) is 31.2 Å². The maximum atomic E-state index is 12.6. The van der Waals surface area contributed by atoms with Crippen LogP contribution >= 0.6 is 11.8 Å². The fraction of sp³-hybridized carbons (Fsp3) is 0.250.